The SMILES string of the molecule is COC(=O)C(c1c(O)c2cc(Cl)c(C)cc2oc1=O)c1c(O)c2cc(Cl)c(C)cc2oc1=O. The van der Waals surface area contributed by atoms with E-state index >= 15 is 0 Å². The molecule has 0 saturated heterocycles. The number of hydrogen-bond acceptors (Lipinski definition) is 8. The van der Waals surface area contributed by atoms with Gasteiger partial charge < -0.3 is 23.8 Å². The van der Waals surface area contributed by atoms with Crippen LogP contribution in [0.4, 0.5) is 0 Å². The van der Waals surface area contributed by atoms with Gasteiger partial charge in [0.2, 0.25) is 0 Å². The topological polar surface area (TPSA) is 127 Å². The highest BCUT2D eigenvalue weighted by Gasteiger charge is 2.37. The molecule has 2 N–H and O–H groups in total. The summed E-state index contributed by atoms with van der Waals surface area (Å²) in [4.78, 5) is 38.5. The molecule has 0 fully saturated rings. The van der Waals surface area contributed by atoms with Gasteiger partial charge in [0.25, 0.3) is 0 Å². The Hall–Kier alpha value is -3.49. The number of fused-ring (bicyclic) bond motifs is 2. The molecule has 0 saturated carbocycles. The summed E-state index contributed by atoms with van der Waals surface area (Å²) in [6.45, 7) is 3.35. The highest BCUT2D eigenvalue weighted by molar-refractivity contribution is 6.32. The summed E-state index contributed by atoms with van der Waals surface area (Å²) in [6, 6.07) is 5.60. The van der Waals surface area contributed by atoms with E-state index in [2.05, 4.69) is 0 Å². The third-order valence-corrected chi connectivity index (χ3v) is 6.22. The van der Waals surface area contributed by atoms with Gasteiger partial charge in [-0.2, -0.15) is 0 Å². The van der Waals surface area contributed by atoms with Crippen LogP contribution in [-0.4, -0.2) is 23.3 Å². The molecule has 0 radical (unpaired) electrons. The van der Waals surface area contributed by atoms with Crippen LogP contribution in [0.15, 0.2) is 42.7 Å². The summed E-state index contributed by atoms with van der Waals surface area (Å²) in [5.41, 5.74) is -2.25. The van der Waals surface area contributed by atoms with Crippen LogP contribution in [-0.2, 0) is 9.53 Å². The average Bonchev–Trinajstić information content (AvgIpc) is 2.75. The summed E-state index contributed by atoms with van der Waals surface area (Å²) in [7, 11) is 1.02. The number of hydrogen-bond donors (Lipinski definition) is 2. The van der Waals surface area contributed by atoms with E-state index in [0.29, 0.717) is 11.1 Å². The third-order valence-electron chi connectivity index (χ3n) is 5.40. The molecule has 10 heteroatoms. The first-order chi connectivity index (χ1) is 15.5. The second-order valence-electron chi connectivity index (χ2n) is 7.45. The molecule has 0 spiro atoms. The van der Waals surface area contributed by atoms with Crippen LogP contribution in [0.2, 0.25) is 10.0 Å². The molecular weight excluding hydrogens is 475 g/mol. The fraction of sp³-hybridized carbons (Fsp3) is 0.174. The number of methoxy groups -OCH3 is 1. The van der Waals surface area contributed by atoms with E-state index in [0.717, 1.165) is 7.11 Å². The molecule has 170 valence electrons. The van der Waals surface area contributed by atoms with Crippen molar-refractivity contribution in [1.29, 1.82) is 0 Å². The van der Waals surface area contributed by atoms with Gasteiger partial charge in [-0.25, -0.2) is 9.59 Å². The van der Waals surface area contributed by atoms with Crippen molar-refractivity contribution in [2.24, 2.45) is 0 Å². The summed E-state index contributed by atoms with van der Waals surface area (Å²) < 4.78 is 15.4. The minimum absolute atomic E-state index is 0.0174. The Morgan fingerprint density at radius 1 is 0.848 bits per heavy atom. The van der Waals surface area contributed by atoms with Crippen molar-refractivity contribution in [3.8, 4) is 11.5 Å². The van der Waals surface area contributed by atoms with Gasteiger partial charge in [0.05, 0.1) is 29.0 Å². The highest BCUT2D eigenvalue weighted by atomic mass is 35.5. The molecule has 0 unspecified atom stereocenters. The minimum Gasteiger partial charge on any atom is -0.507 e. The lowest BCUT2D eigenvalue weighted by Crippen LogP contribution is -2.27. The average molecular weight is 491 g/mol. The van der Waals surface area contributed by atoms with Crippen molar-refractivity contribution in [2.45, 2.75) is 19.8 Å². The summed E-state index contributed by atoms with van der Waals surface area (Å²) in [5, 5.41) is 22.5. The van der Waals surface area contributed by atoms with E-state index < -0.39 is 45.8 Å². The molecular formula is C23H16Cl2O8. The third kappa shape index (κ3) is 3.61. The smallest absolute Gasteiger partial charge is 0.344 e. The first-order valence-corrected chi connectivity index (χ1v) is 10.3. The monoisotopic (exact) mass is 490 g/mol. The zero-order chi connectivity index (χ0) is 24.2. The Morgan fingerprint density at radius 3 is 1.61 bits per heavy atom. The normalized spacial score (nSPS) is 11.5. The number of esters is 1. The van der Waals surface area contributed by atoms with E-state index in [1.807, 2.05) is 0 Å². The van der Waals surface area contributed by atoms with Crippen molar-refractivity contribution in [1.82, 2.24) is 0 Å². The molecule has 2 aromatic heterocycles. The van der Waals surface area contributed by atoms with Gasteiger partial charge in [0.15, 0.2) is 0 Å². The van der Waals surface area contributed by atoms with Crippen LogP contribution < -0.4 is 11.3 Å². The number of benzene rings is 2. The first kappa shape index (κ1) is 22.7. The van der Waals surface area contributed by atoms with Crippen LogP contribution in [0.5, 0.6) is 11.5 Å². The molecule has 0 aliphatic rings. The second-order valence-corrected chi connectivity index (χ2v) is 8.27. The van der Waals surface area contributed by atoms with Crippen molar-refractivity contribution < 1.29 is 28.6 Å². The predicted molar refractivity (Wildman–Crippen MR) is 122 cm³/mol. The zero-order valence-electron chi connectivity index (χ0n) is 17.5. The Kier molecular flexibility index (Phi) is 5.59. The maximum absolute atomic E-state index is 12.9. The standard InChI is InChI=1S/C23H16Cl2O8/c1-8-4-14-10(6-12(8)24)19(26)17(22(29)32-14)16(21(28)31-3)18-20(27)11-7-13(25)9(2)5-15(11)33-23(18)30/h4-7,16,26-27H,1-3H3. The number of carbonyl (C=O) groups excluding carboxylic acids is 1. The van der Waals surface area contributed by atoms with Crippen molar-refractivity contribution >= 4 is 51.1 Å². The van der Waals surface area contributed by atoms with Crippen LogP contribution in [0.3, 0.4) is 0 Å². The molecule has 4 rings (SSSR count). The Morgan fingerprint density at radius 2 is 1.24 bits per heavy atom. The fourth-order valence-corrected chi connectivity index (χ4v) is 3.98. The molecule has 2 aromatic carbocycles. The van der Waals surface area contributed by atoms with Crippen LogP contribution in [0, 0.1) is 13.8 Å². The molecule has 0 atom stereocenters. The van der Waals surface area contributed by atoms with E-state index in [9.17, 15) is 24.6 Å². The number of halogens is 2. The predicted octanol–water partition coefficient (Wildman–Crippen LogP) is 4.54. The Balaban J connectivity index is 2.11. The maximum atomic E-state index is 12.9. The molecule has 2 heterocycles. The summed E-state index contributed by atoms with van der Waals surface area (Å²) in [6.07, 6.45) is 0. The first-order valence-electron chi connectivity index (χ1n) is 9.54. The molecule has 8 nitrogen and oxygen atoms in total. The summed E-state index contributed by atoms with van der Waals surface area (Å²) in [5.74, 6) is -4.29. The van der Waals surface area contributed by atoms with Gasteiger partial charge in [-0.05, 0) is 49.2 Å². The molecule has 0 aliphatic carbocycles. The Bertz CT molecular complexity index is 1470. The van der Waals surface area contributed by atoms with Gasteiger partial charge in [-0.1, -0.05) is 23.2 Å². The summed E-state index contributed by atoms with van der Waals surface area (Å²) >= 11 is 12.3. The van der Waals surface area contributed by atoms with Gasteiger partial charge in [0.1, 0.15) is 28.6 Å². The fourth-order valence-electron chi connectivity index (χ4n) is 3.65. The van der Waals surface area contributed by atoms with Gasteiger partial charge in [-0.15, -0.1) is 0 Å². The minimum atomic E-state index is -1.86. The molecule has 0 bridgehead atoms. The number of carbonyl (C=O) groups is 1. The van der Waals surface area contributed by atoms with Crippen molar-refractivity contribution in [3.05, 3.63) is 77.4 Å². The highest BCUT2D eigenvalue weighted by Crippen LogP contribution is 2.40. The lowest BCUT2D eigenvalue weighted by atomic mass is 9.90. The van der Waals surface area contributed by atoms with Crippen LogP contribution >= 0.6 is 23.2 Å². The van der Waals surface area contributed by atoms with Gasteiger partial charge >= 0.3 is 17.2 Å². The van der Waals surface area contributed by atoms with Crippen LogP contribution in [0.25, 0.3) is 21.9 Å². The van der Waals surface area contributed by atoms with Crippen LogP contribution in [0.1, 0.15) is 28.2 Å². The second kappa shape index (κ2) is 8.13. The Labute approximate surface area is 195 Å². The molecule has 33 heavy (non-hydrogen) atoms. The van der Waals surface area contributed by atoms with Gasteiger partial charge in [-0.3, -0.25) is 4.79 Å². The lowest BCUT2D eigenvalue weighted by Gasteiger charge is -2.17. The number of ether oxygens (including phenoxy) is 1. The zero-order valence-corrected chi connectivity index (χ0v) is 19.0. The van der Waals surface area contributed by atoms with Crippen molar-refractivity contribution in [3.63, 3.8) is 0 Å². The van der Waals surface area contributed by atoms with Crippen molar-refractivity contribution in [2.75, 3.05) is 7.11 Å². The van der Waals surface area contributed by atoms with E-state index in [1.165, 1.54) is 24.3 Å². The van der Waals surface area contributed by atoms with E-state index in [-0.39, 0.29) is 32.0 Å². The van der Waals surface area contributed by atoms with Gasteiger partial charge in [0, 0.05) is 10.0 Å². The molecule has 0 amide bonds. The van der Waals surface area contributed by atoms with E-state index in [1.54, 1.807) is 13.8 Å². The number of rotatable bonds is 3. The molecule has 4 aromatic rings. The van der Waals surface area contributed by atoms with E-state index in [4.69, 9.17) is 36.8 Å². The largest absolute Gasteiger partial charge is 0.507 e. The quantitative estimate of drug-likeness (QED) is 0.316. The molecule has 0 aliphatic heterocycles. The lowest BCUT2D eigenvalue weighted by molar-refractivity contribution is -0.141. The number of aryl methyl sites for hydroxylation is 2. The number of aromatic hydroxyl groups is 2. The maximum Gasteiger partial charge on any atom is 0.344 e.